The van der Waals surface area contributed by atoms with Crippen LogP contribution in [-0.2, 0) is 9.47 Å². The standard InChI is InChI=1S/C19H23NO4/c1-19(2,3)24-18(21)20-10-12-23-17(13-20)15-8-6-14(7-9-15)16-5-4-11-22-16/h4-9,11,17H,10,12-13H2,1-3H3. The van der Waals surface area contributed by atoms with Crippen LogP contribution in [0.25, 0.3) is 11.3 Å². The van der Waals surface area contributed by atoms with Crippen molar-refractivity contribution in [2.45, 2.75) is 32.5 Å². The molecule has 5 nitrogen and oxygen atoms in total. The second-order valence-electron chi connectivity index (χ2n) is 6.89. The van der Waals surface area contributed by atoms with E-state index >= 15 is 0 Å². The largest absolute Gasteiger partial charge is 0.464 e. The predicted octanol–water partition coefficient (Wildman–Crippen LogP) is 4.26. The van der Waals surface area contributed by atoms with E-state index in [0.717, 1.165) is 16.9 Å². The highest BCUT2D eigenvalue weighted by molar-refractivity contribution is 5.68. The van der Waals surface area contributed by atoms with Crippen molar-refractivity contribution in [3.63, 3.8) is 0 Å². The highest BCUT2D eigenvalue weighted by Gasteiger charge is 2.28. The summed E-state index contributed by atoms with van der Waals surface area (Å²) in [7, 11) is 0. The van der Waals surface area contributed by atoms with Crippen molar-refractivity contribution in [2.75, 3.05) is 19.7 Å². The number of carbonyl (C=O) groups is 1. The van der Waals surface area contributed by atoms with Crippen LogP contribution < -0.4 is 0 Å². The summed E-state index contributed by atoms with van der Waals surface area (Å²) in [5.41, 5.74) is 1.57. The Bertz CT molecular complexity index is 670. The molecular weight excluding hydrogens is 306 g/mol. The van der Waals surface area contributed by atoms with E-state index in [-0.39, 0.29) is 12.2 Å². The van der Waals surface area contributed by atoms with Gasteiger partial charge in [0, 0.05) is 12.1 Å². The van der Waals surface area contributed by atoms with Gasteiger partial charge in [0.05, 0.1) is 19.4 Å². The smallest absolute Gasteiger partial charge is 0.410 e. The first-order valence-electron chi connectivity index (χ1n) is 8.16. The highest BCUT2D eigenvalue weighted by atomic mass is 16.6. The number of ether oxygens (including phenoxy) is 2. The van der Waals surface area contributed by atoms with Gasteiger partial charge >= 0.3 is 6.09 Å². The van der Waals surface area contributed by atoms with Gasteiger partial charge in [0.1, 0.15) is 17.5 Å². The minimum Gasteiger partial charge on any atom is -0.464 e. The lowest BCUT2D eigenvalue weighted by Gasteiger charge is -2.34. The summed E-state index contributed by atoms with van der Waals surface area (Å²) in [6.45, 7) is 7.16. The van der Waals surface area contributed by atoms with Crippen LogP contribution in [0, 0.1) is 0 Å². The maximum Gasteiger partial charge on any atom is 0.410 e. The number of rotatable bonds is 2. The first kappa shape index (κ1) is 16.6. The van der Waals surface area contributed by atoms with Gasteiger partial charge in [-0.25, -0.2) is 4.79 Å². The monoisotopic (exact) mass is 329 g/mol. The molecule has 1 amide bonds. The van der Waals surface area contributed by atoms with Gasteiger partial charge in [-0.1, -0.05) is 24.3 Å². The Morgan fingerprint density at radius 3 is 2.58 bits per heavy atom. The second kappa shape index (κ2) is 6.69. The normalized spacial score (nSPS) is 18.5. The van der Waals surface area contributed by atoms with Crippen LogP contribution in [0.3, 0.4) is 0 Å². The van der Waals surface area contributed by atoms with Crippen molar-refractivity contribution in [1.29, 1.82) is 0 Å². The summed E-state index contributed by atoms with van der Waals surface area (Å²) in [5, 5.41) is 0. The average molecular weight is 329 g/mol. The molecule has 2 aromatic rings. The van der Waals surface area contributed by atoms with Crippen LogP contribution in [0.15, 0.2) is 47.1 Å². The van der Waals surface area contributed by atoms with Gasteiger partial charge in [0.15, 0.2) is 0 Å². The average Bonchev–Trinajstić information content (AvgIpc) is 3.08. The van der Waals surface area contributed by atoms with Crippen molar-refractivity contribution in [3.05, 3.63) is 48.2 Å². The third-order valence-electron chi connectivity index (χ3n) is 3.81. The Kier molecular flexibility index (Phi) is 4.62. The van der Waals surface area contributed by atoms with Gasteiger partial charge in [-0.15, -0.1) is 0 Å². The molecule has 0 spiro atoms. The molecule has 128 valence electrons. The fourth-order valence-electron chi connectivity index (χ4n) is 2.65. The molecule has 24 heavy (non-hydrogen) atoms. The Morgan fingerprint density at radius 1 is 1.21 bits per heavy atom. The molecule has 1 atom stereocenters. The Labute approximate surface area is 142 Å². The molecule has 1 saturated heterocycles. The lowest BCUT2D eigenvalue weighted by Crippen LogP contribution is -2.44. The van der Waals surface area contributed by atoms with Crippen LogP contribution in [-0.4, -0.2) is 36.3 Å². The van der Waals surface area contributed by atoms with Crippen molar-refractivity contribution in [1.82, 2.24) is 4.90 Å². The summed E-state index contributed by atoms with van der Waals surface area (Å²) in [4.78, 5) is 13.9. The molecular formula is C19H23NO4. The SMILES string of the molecule is CC(C)(C)OC(=O)N1CCOC(c2ccc(-c3ccco3)cc2)C1. The molecule has 1 unspecified atom stereocenters. The molecule has 1 fully saturated rings. The Balaban J connectivity index is 1.67. The number of hydrogen-bond acceptors (Lipinski definition) is 4. The van der Waals surface area contributed by atoms with Crippen molar-refractivity contribution in [2.24, 2.45) is 0 Å². The number of carbonyl (C=O) groups excluding carboxylic acids is 1. The number of hydrogen-bond donors (Lipinski definition) is 0. The van der Waals surface area contributed by atoms with Crippen molar-refractivity contribution >= 4 is 6.09 Å². The molecule has 0 aliphatic carbocycles. The van der Waals surface area contributed by atoms with E-state index in [1.165, 1.54) is 0 Å². The minimum atomic E-state index is -0.491. The topological polar surface area (TPSA) is 51.9 Å². The Morgan fingerprint density at radius 2 is 1.96 bits per heavy atom. The number of nitrogens with zero attached hydrogens (tertiary/aromatic N) is 1. The lowest BCUT2D eigenvalue weighted by molar-refractivity contribution is -0.0432. The van der Waals surface area contributed by atoms with E-state index in [1.54, 1.807) is 11.2 Å². The molecule has 0 N–H and O–H groups in total. The van der Waals surface area contributed by atoms with Crippen LogP contribution in [0.4, 0.5) is 4.79 Å². The maximum atomic E-state index is 12.2. The van der Waals surface area contributed by atoms with Crippen LogP contribution in [0.5, 0.6) is 0 Å². The summed E-state index contributed by atoms with van der Waals surface area (Å²) >= 11 is 0. The molecule has 0 radical (unpaired) electrons. The molecule has 1 aliphatic heterocycles. The van der Waals surface area contributed by atoms with Gasteiger partial charge < -0.3 is 18.8 Å². The maximum absolute atomic E-state index is 12.2. The quantitative estimate of drug-likeness (QED) is 0.826. The summed E-state index contributed by atoms with van der Waals surface area (Å²) < 4.78 is 16.7. The van der Waals surface area contributed by atoms with Crippen molar-refractivity contribution < 1.29 is 18.7 Å². The third kappa shape index (κ3) is 3.97. The molecule has 1 aromatic carbocycles. The zero-order valence-electron chi connectivity index (χ0n) is 14.3. The number of furan rings is 1. The van der Waals surface area contributed by atoms with Crippen LogP contribution in [0.1, 0.15) is 32.4 Å². The molecule has 5 heteroatoms. The molecule has 3 rings (SSSR count). The van der Waals surface area contributed by atoms with E-state index < -0.39 is 5.60 Å². The predicted molar refractivity (Wildman–Crippen MR) is 90.6 cm³/mol. The number of benzene rings is 1. The van der Waals surface area contributed by atoms with E-state index in [0.29, 0.717) is 19.7 Å². The van der Waals surface area contributed by atoms with Gasteiger partial charge in [0.25, 0.3) is 0 Å². The van der Waals surface area contributed by atoms with Crippen LogP contribution in [0.2, 0.25) is 0 Å². The number of morpholine rings is 1. The first-order valence-corrected chi connectivity index (χ1v) is 8.16. The second-order valence-corrected chi connectivity index (χ2v) is 6.89. The van der Waals surface area contributed by atoms with Gasteiger partial charge in [-0.2, -0.15) is 0 Å². The van der Waals surface area contributed by atoms with Gasteiger partial charge in [-0.05, 0) is 38.5 Å². The Hall–Kier alpha value is -2.27. The minimum absolute atomic E-state index is 0.142. The zero-order valence-corrected chi connectivity index (χ0v) is 14.3. The first-order chi connectivity index (χ1) is 11.4. The summed E-state index contributed by atoms with van der Waals surface area (Å²) in [6.07, 6.45) is 1.23. The lowest BCUT2D eigenvalue weighted by atomic mass is 10.0. The van der Waals surface area contributed by atoms with E-state index in [4.69, 9.17) is 13.9 Å². The fraction of sp³-hybridized carbons (Fsp3) is 0.421. The molecule has 1 aliphatic rings. The molecule has 2 heterocycles. The zero-order chi connectivity index (χ0) is 17.2. The van der Waals surface area contributed by atoms with Crippen LogP contribution >= 0.6 is 0 Å². The third-order valence-corrected chi connectivity index (χ3v) is 3.81. The van der Waals surface area contributed by atoms with Gasteiger partial charge in [0.2, 0.25) is 0 Å². The van der Waals surface area contributed by atoms with Gasteiger partial charge in [-0.3, -0.25) is 0 Å². The van der Waals surface area contributed by atoms with E-state index in [2.05, 4.69) is 0 Å². The summed E-state index contributed by atoms with van der Waals surface area (Å²) in [6, 6.07) is 11.8. The molecule has 0 saturated carbocycles. The van der Waals surface area contributed by atoms with Crippen molar-refractivity contribution in [3.8, 4) is 11.3 Å². The number of amides is 1. The highest BCUT2D eigenvalue weighted by Crippen LogP contribution is 2.26. The molecule has 0 bridgehead atoms. The molecule has 1 aromatic heterocycles. The van der Waals surface area contributed by atoms with E-state index in [9.17, 15) is 4.79 Å². The summed E-state index contributed by atoms with van der Waals surface area (Å²) in [5.74, 6) is 0.835. The fourth-order valence-corrected chi connectivity index (χ4v) is 2.65. The van der Waals surface area contributed by atoms with E-state index in [1.807, 2.05) is 57.2 Å².